The summed E-state index contributed by atoms with van der Waals surface area (Å²) in [7, 11) is 3.49. The predicted molar refractivity (Wildman–Crippen MR) is 188 cm³/mol. The predicted octanol–water partition coefficient (Wildman–Crippen LogP) is 4.11. The van der Waals surface area contributed by atoms with Gasteiger partial charge in [-0.15, -0.1) is 0 Å². The van der Waals surface area contributed by atoms with Crippen molar-refractivity contribution in [3.05, 3.63) is 39.4 Å². The summed E-state index contributed by atoms with van der Waals surface area (Å²) in [4.78, 5) is 43.6. The Morgan fingerprint density at radius 2 is 1.79 bits per heavy atom. The van der Waals surface area contributed by atoms with Gasteiger partial charge in [-0.1, -0.05) is 19.9 Å². The molecule has 4 heterocycles. The number of likely N-dealkylation sites (N-methyl/N-ethyl adjacent to an activating group) is 1. The van der Waals surface area contributed by atoms with Gasteiger partial charge in [-0.2, -0.15) is 5.26 Å². The lowest BCUT2D eigenvalue weighted by atomic mass is 9.71. The molecule has 2 amide bonds. The Balaban J connectivity index is 1.50. The highest BCUT2D eigenvalue weighted by atomic mass is 16.7. The molecule has 52 heavy (non-hydrogen) atoms. The molecule has 0 aromatic heterocycles. The smallest absolute Gasteiger partial charge is 0.408 e. The quantitative estimate of drug-likeness (QED) is 0.277. The second-order valence-corrected chi connectivity index (χ2v) is 15.5. The summed E-state index contributed by atoms with van der Waals surface area (Å²) < 4.78 is 29.1. The van der Waals surface area contributed by atoms with Crippen molar-refractivity contribution >= 4 is 18.0 Å². The third kappa shape index (κ3) is 6.23. The zero-order valence-corrected chi connectivity index (χ0v) is 31.5. The minimum Gasteiger partial charge on any atom is -0.504 e. The van der Waals surface area contributed by atoms with Crippen LogP contribution in [0.2, 0.25) is 0 Å². The van der Waals surface area contributed by atoms with Crippen molar-refractivity contribution in [2.24, 2.45) is 5.92 Å². The van der Waals surface area contributed by atoms with Crippen LogP contribution >= 0.6 is 0 Å². The first-order chi connectivity index (χ1) is 24.5. The van der Waals surface area contributed by atoms with E-state index < -0.39 is 53.8 Å². The van der Waals surface area contributed by atoms with E-state index >= 15 is 0 Å². The number of rotatable bonds is 7. The molecule has 1 fully saturated rings. The molecule has 14 heteroatoms. The van der Waals surface area contributed by atoms with Gasteiger partial charge < -0.3 is 39.4 Å². The van der Waals surface area contributed by atoms with Crippen LogP contribution in [0.1, 0.15) is 87.0 Å². The Kier molecular flexibility index (Phi) is 9.73. The number of esters is 1. The van der Waals surface area contributed by atoms with Crippen LogP contribution in [-0.4, -0.2) is 90.1 Å². The SMILES string of the molecule is COc1c(C)cc2c(c1O)[C@@H]1C3Cc4c(OC(C)=O)c(C)c5c(c4[C@H](CNC(=O)[C@@H](NC(=O)OC(C)(C)C)C(C)C)N3[C@@H](C#N)[C@H](C2)N1C)OCO5. The lowest BCUT2D eigenvalue weighted by molar-refractivity contribution is -0.132. The monoisotopic (exact) mass is 719 g/mol. The summed E-state index contributed by atoms with van der Waals surface area (Å²) in [6.45, 7) is 13.9. The maximum atomic E-state index is 14.0. The van der Waals surface area contributed by atoms with Gasteiger partial charge in [0.05, 0.1) is 25.3 Å². The Bertz CT molecular complexity index is 1850. The third-order valence-electron chi connectivity index (χ3n) is 10.6. The highest BCUT2D eigenvalue weighted by molar-refractivity contribution is 5.86. The summed E-state index contributed by atoms with van der Waals surface area (Å²) in [5, 5.41) is 28.5. The van der Waals surface area contributed by atoms with Gasteiger partial charge in [0, 0.05) is 47.8 Å². The first-order valence-electron chi connectivity index (χ1n) is 17.7. The molecule has 0 saturated carbocycles. The number of carbonyl (C=O) groups excluding carboxylic acids is 3. The van der Waals surface area contributed by atoms with Crippen molar-refractivity contribution in [1.29, 1.82) is 5.26 Å². The molecule has 2 aromatic carbocycles. The molecule has 6 atom stereocenters. The Morgan fingerprint density at radius 3 is 2.40 bits per heavy atom. The number of methoxy groups -OCH3 is 1. The second kappa shape index (κ2) is 13.7. The van der Waals surface area contributed by atoms with Crippen LogP contribution in [0.4, 0.5) is 4.79 Å². The van der Waals surface area contributed by atoms with Gasteiger partial charge in [0.1, 0.15) is 23.4 Å². The minimum atomic E-state index is -0.924. The van der Waals surface area contributed by atoms with Crippen LogP contribution in [0, 0.1) is 31.1 Å². The molecule has 4 aliphatic heterocycles. The maximum Gasteiger partial charge on any atom is 0.408 e. The summed E-state index contributed by atoms with van der Waals surface area (Å²) in [5.74, 6) is 0.445. The van der Waals surface area contributed by atoms with Crippen LogP contribution in [0.15, 0.2) is 6.07 Å². The van der Waals surface area contributed by atoms with Crippen LogP contribution in [0.3, 0.4) is 0 Å². The van der Waals surface area contributed by atoms with E-state index in [2.05, 4.69) is 26.5 Å². The van der Waals surface area contributed by atoms with Crippen LogP contribution in [0.25, 0.3) is 0 Å². The number of ether oxygens (including phenoxy) is 5. The largest absolute Gasteiger partial charge is 0.504 e. The van der Waals surface area contributed by atoms with Gasteiger partial charge in [-0.25, -0.2) is 4.79 Å². The van der Waals surface area contributed by atoms with E-state index in [-0.39, 0.29) is 31.0 Å². The number of aromatic hydroxyl groups is 1. The molecular formula is C38H49N5O9. The summed E-state index contributed by atoms with van der Waals surface area (Å²) >= 11 is 0. The minimum absolute atomic E-state index is 0.0112. The normalized spacial score (nSPS) is 23.8. The van der Waals surface area contributed by atoms with Crippen molar-refractivity contribution in [2.45, 2.75) is 110 Å². The molecule has 2 aromatic rings. The van der Waals surface area contributed by atoms with Gasteiger partial charge in [-0.05, 0) is 71.6 Å². The fourth-order valence-electron chi connectivity index (χ4n) is 8.59. The molecule has 4 aliphatic rings. The molecule has 0 aliphatic carbocycles. The van der Waals surface area contributed by atoms with Crippen molar-refractivity contribution in [1.82, 2.24) is 20.4 Å². The average molecular weight is 720 g/mol. The number of nitriles is 1. The van der Waals surface area contributed by atoms with Gasteiger partial charge in [0.2, 0.25) is 12.7 Å². The summed E-state index contributed by atoms with van der Waals surface area (Å²) in [5.41, 5.74) is 3.63. The number of amides is 2. The van der Waals surface area contributed by atoms with Crippen molar-refractivity contribution in [2.75, 3.05) is 27.5 Å². The number of alkyl carbamates (subject to hydrolysis) is 1. The lowest BCUT2D eigenvalue weighted by Gasteiger charge is -2.60. The zero-order valence-electron chi connectivity index (χ0n) is 31.5. The first-order valence-corrected chi connectivity index (χ1v) is 17.7. The lowest BCUT2D eigenvalue weighted by Crippen LogP contribution is -2.69. The van der Waals surface area contributed by atoms with Crippen LogP contribution < -0.4 is 29.6 Å². The Hall–Kier alpha value is -4.74. The number of phenolic OH excluding ortho intramolecular Hbond substituents is 1. The molecule has 1 saturated heterocycles. The molecule has 2 bridgehead atoms. The van der Waals surface area contributed by atoms with Gasteiger partial charge >= 0.3 is 12.1 Å². The fourth-order valence-corrected chi connectivity index (χ4v) is 8.59. The van der Waals surface area contributed by atoms with E-state index in [4.69, 9.17) is 23.7 Å². The molecule has 0 radical (unpaired) electrons. The van der Waals surface area contributed by atoms with Gasteiger partial charge in [-0.3, -0.25) is 19.4 Å². The van der Waals surface area contributed by atoms with E-state index in [0.717, 1.165) is 11.1 Å². The number of nitrogens with one attached hydrogen (secondary N) is 2. The van der Waals surface area contributed by atoms with Crippen molar-refractivity contribution < 1.29 is 43.2 Å². The first kappa shape index (κ1) is 37.0. The van der Waals surface area contributed by atoms with E-state index in [1.165, 1.54) is 14.0 Å². The number of phenols is 1. The van der Waals surface area contributed by atoms with E-state index in [1.54, 1.807) is 27.7 Å². The molecular weight excluding hydrogens is 670 g/mol. The number of aryl methyl sites for hydroxylation is 1. The number of hydrogen-bond donors (Lipinski definition) is 3. The zero-order chi connectivity index (χ0) is 38.0. The average Bonchev–Trinajstić information content (AvgIpc) is 3.54. The van der Waals surface area contributed by atoms with Crippen molar-refractivity contribution in [3.63, 3.8) is 0 Å². The highest BCUT2D eigenvalue weighted by Gasteiger charge is 2.57. The third-order valence-corrected chi connectivity index (χ3v) is 10.6. The Labute approximate surface area is 304 Å². The second-order valence-electron chi connectivity index (χ2n) is 15.5. The van der Waals surface area contributed by atoms with Crippen LogP contribution in [0.5, 0.6) is 28.7 Å². The topological polar surface area (TPSA) is 172 Å². The van der Waals surface area contributed by atoms with Crippen molar-refractivity contribution in [3.8, 4) is 34.8 Å². The molecule has 3 N–H and O–H groups in total. The molecule has 6 rings (SSSR count). The number of piperazine rings is 1. The van der Waals surface area contributed by atoms with Crippen LogP contribution in [-0.2, 0) is 27.2 Å². The number of nitrogens with zero attached hydrogens (tertiary/aromatic N) is 3. The molecule has 1 unspecified atom stereocenters. The number of fused-ring (bicyclic) bond motifs is 9. The van der Waals surface area contributed by atoms with Gasteiger partial charge in [0.25, 0.3) is 0 Å². The van der Waals surface area contributed by atoms with E-state index in [0.29, 0.717) is 58.1 Å². The maximum absolute atomic E-state index is 14.0. The van der Waals surface area contributed by atoms with E-state index in [1.807, 2.05) is 33.9 Å². The standard InChI is InChI=1S/C38H49N5O9/c1-17(2)29(41-37(47)52-38(6,7)8)36(46)40-15-26-28-22(33(51-20(5)44)19(4)34-35(28)50-16-49-34)13-24-30-27-21(11-18(3)32(48-10)31(27)45)12-23(42(30)9)25(14-39)43(24)26/h11,17,23-26,29-30,45H,12-13,15-16H2,1-10H3,(H,40,46)(H,41,47)/t23-,24?,25-,26-,29-,30-/m0/s1. The Morgan fingerprint density at radius 1 is 1.10 bits per heavy atom. The molecule has 0 spiro atoms. The molecule has 280 valence electrons. The highest BCUT2D eigenvalue weighted by Crippen LogP contribution is 2.58. The summed E-state index contributed by atoms with van der Waals surface area (Å²) in [6.07, 6.45) is 0.104. The van der Waals surface area contributed by atoms with Gasteiger partial charge in [0.15, 0.2) is 23.0 Å². The van der Waals surface area contributed by atoms with E-state index in [9.17, 15) is 24.8 Å². The number of carbonyl (C=O) groups is 3. The molecule has 14 nitrogen and oxygen atoms in total. The summed E-state index contributed by atoms with van der Waals surface area (Å²) in [6, 6.07) is 1.24. The fraction of sp³-hybridized carbons (Fsp3) is 0.579. The number of benzene rings is 2. The number of hydrogen-bond acceptors (Lipinski definition) is 12.